The Labute approximate surface area is 171 Å². The molecule has 1 amide bonds. The summed E-state index contributed by atoms with van der Waals surface area (Å²) in [5, 5.41) is 1.25. The van der Waals surface area contributed by atoms with Crippen molar-refractivity contribution in [3.8, 4) is 0 Å². The molecule has 4 rings (SSSR count). The molecule has 0 radical (unpaired) electrons. The van der Waals surface area contributed by atoms with E-state index < -0.39 is 0 Å². The molecule has 1 aromatic heterocycles. The average Bonchev–Trinajstić information content (AvgIpc) is 3.10. The van der Waals surface area contributed by atoms with Crippen LogP contribution in [-0.4, -0.2) is 41.3 Å². The second-order valence-corrected chi connectivity index (χ2v) is 7.83. The monoisotopic (exact) mass is 395 g/mol. The zero-order chi connectivity index (χ0) is 19.8. The van der Waals surface area contributed by atoms with Gasteiger partial charge in [0.15, 0.2) is 0 Å². The summed E-state index contributed by atoms with van der Waals surface area (Å²) in [4.78, 5) is 20.5. The number of anilines is 1. The summed E-state index contributed by atoms with van der Waals surface area (Å²) in [5.41, 5.74) is 5.80. The number of amides is 1. The standard InChI is InChI=1S/C23H26ClN3O/c1-4-26(3)17-11-9-16(10-12-17)23-22-19(13-15(2)27(23)21(28)14-24)18-7-5-6-8-20(18)25-22/h5-12,15,23,25H,4,13-14H2,1-3H3/t15-,23-/m0/s1. The maximum Gasteiger partial charge on any atom is 0.238 e. The predicted molar refractivity (Wildman–Crippen MR) is 116 cm³/mol. The highest BCUT2D eigenvalue weighted by Crippen LogP contribution is 2.41. The number of H-pyrrole nitrogens is 1. The van der Waals surface area contributed by atoms with E-state index in [0.717, 1.165) is 29.7 Å². The molecule has 3 aromatic rings. The first kappa shape index (κ1) is 18.9. The second kappa shape index (κ2) is 7.51. The number of benzene rings is 2. The van der Waals surface area contributed by atoms with Gasteiger partial charge in [-0.15, -0.1) is 11.6 Å². The van der Waals surface area contributed by atoms with Crippen LogP contribution in [0.15, 0.2) is 48.5 Å². The maximum absolute atomic E-state index is 12.8. The summed E-state index contributed by atoms with van der Waals surface area (Å²) < 4.78 is 0. The van der Waals surface area contributed by atoms with Crippen molar-refractivity contribution in [2.45, 2.75) is 32.4 Å². The topological polar surface area (TPSA) is 39.3 Å². The molecule has 146 valence electrons. The van der Waals surface area contributed by atoms with Crippen molar-refractivity contribution in [2.75, 3.05) is 24.4 Å². The maximum atomic E-state index is 12.8. The number of halogens is 1. The van der Waals surface area contributed by atoms with Crippen LogP contribution in [0.25, 0.3) is 10.9 Å². The molecule has 0 fully saturated rings. The molecule has 0 saturated heterocycles. The molecule has 2 heterocycles. The lowest BCUT2D eigenvalue weighted by molar-refractivity contribution is -0.133. The van der Waals surface area contributed by atoms with Crippen molar-refractivity contribution < 1.29 is 4.79 Å². The first-order chi connectivity index (χ1) is 13.5. The number of aromatic nitrogens is 1. The first-order valence-corrected chi connectivity index (χ1v) is 10.4. The van der Waals surface area contributed by atoms with Crippen molar-refractivity contribution >= 4 is 34.1 Å². The van der Waals surface area contributed by atoms with E-state index >= 15 is 0 Å². The van der Waals surface area contributed by atoms with Crippen LogP contribution >= 0.6 is 11.6 Å². The van der Waals surface area contributed by atoms with Gasteiger partial charge in [0.25, 0.3) is 0 Å². The Morgan fingerprint density at radius 2 is 1.93 bits per heavy atom. The minimum Gasteiger partial charge on any atom is -0.375 e. The molecule has 5 heteroatoms. The Balaban J connectivity index is 1.86. The molecule has 0 aliphatic carbocycles. The van der Waals surface area contributed by atoms with Gasteiger partial charge in [0.05, 0.1) is 6.04 Å². The summed E-state index contributed by atoms with van der Waals surface area (Å²) in [5.74, 6) is -0.0363. The van der Waals surface area contributed by atoms with Gasteiger partial charge in [-0.05, 0) is 49.6 Å². The van der Waals surface area contributed by atoms with E-state index in [1.54, 1.807) is 0 Å². The first-order valence-electron chi connectivity index (χ1n) is 9.82. The van der Waals surface area contributed by atoms with Crippen LogP contribution in [0.4, 0.5) is 5.69 Å². The molecule has 4 nitrogen and oxygen atoms in total. The molecule has 2 atom stereocenters. The number of para-hydroxylation sites is 1. The molecule has 0 bridgehead atoms. The highest BCUT2D eigenvalue weighted by Gasteiger charge is 2.38. The van der Waals surface area contributed by atoms with E-state index in [-0.39, 0.29) is 23.9 Å². The molecule has 0 saturated carbocycles. The lowest BCUT2D eigenvalue weighted by Gasteiger charge is -2.41. The van der Waals surface area contributed by atoms with Crippen molar-refractivity contribution in [2.24, 2.45) is 0 Å². The van der Waals surface area contributed by atoms with E-state index in [2.05, 4.69) is 73.2 Å². The fourth-order valence-electron chi connectivity index (χ4n) is 4.34. The summed E-state index contributed by atoms with van der Waals surface area (Å²) >= 11 is 5.99. The number of nitrogens with one attached hydrogen (secondary N) is 1. The van der Waals surface area contributed by atoms with Crippen LogP contribution in [0.2, 0.25) is 0 Å². The number of rotatable bonds is 4. The summed E-state index contributed by atoms with van der Waals surface area (Å²) in [6.07, 6.45) is 0.829. The van der Waals surface area contributed by atoms with Gasteiger partial charge < -0.3 is 14.8 Å². The van der Waals surface area contributed by atoms with Gasteiger partial charge in [-0.2, -0.15) is 0 Å². The highest BCUT2D eigenvalue weighted by molar-refractivity contribution is 6.27. The van der Waals surface area contributed by atoms with Gasteiger partial charge in [-0.3, -0.25) is 4.79 Å². The SMILES string of the molecule is CCN(C)c1ccc([C@H]2c3[nH]c4ccccc4c3C[C@H](C)N2C(=O)CCl)cc1. The Kier molecular flexibility index (Phi) is 5.07. The minimum atomic E-state index is -0.154. The number of carbonyl (C=O) groups is 1. The Morgan fingerprint density at radius 3 is 2.61 bits per heavy atom. The molecule has 0 spiro atoms. The third kappa shape index (κ3) is 3.06. The molecular formula is C23H26ClN3O. The van der Waals surface area contributed by atoms with Gasteiger partial charge in [0, 0.05) is 41.9 Å². The lowest BCUT2D eigenvalue weighted by atomic mass is 9.88. The molecule has 0 unspecified atom stereocenters. The molecule has 28 heavy (non-hydrogen) atoms. The normalized spacial score (nSPS) is 18.9. The number of hydrogen-bond donors (Lipinski definition) is 1. The van der Waals surface area contributed by atoms with E-state index in [0.29, 0.717) is 0 Å². The van der Waals surface area contributed by atoms with Crippen LogP contribution in [0.5, 0.6) is 0 Å². The minimum absolute atomic E-state index is 0.00689. The Morgan fingerprint density at radius 1 is 1.21 bits per heavy atom. The number of carbonyl (C=O) groups excluding carboxylic acids is 1. The average molecular weight is 396 g/mol. The van der Waals surface area contributed by atoms with E-state index in [1.807, 2.05) is 11.0 Å². The fraction of sp³-hybridized carbons (Fsp3) is 0.348. The van der Waals surface area contributed by atoms with Gasteiger partial charge >= 0.3 is 0 Å². The van der Waals surface area contributed by atoms with Crippen LogP contribution in [0, 0.1) is 0 Å². The number of hydrogen-bond acceptors (Lipinski definition) is 2. The molecule has 1 N–H and O–H groups in total. The van der Waals surface area contributed by atoms with E-state index in [1.165, 1.54) is 16.6 Å². The van der Waals surface area contributed by atoms with Crippen LogP contribution in [0.1, 0.15) is 36.7 Å². The van der Waals surface area contributed by atoms with Gasteiger partial charge in [0.2, 0.25) is 5.91 Å². The predicted octanol–water partition coefficient (Wildman–Crippen LogP) is 4.73. The highest BCUT2D eigenvalue weighted by atomic mass is 35.5. The fourth-order valence-corrected chi connectivity index (χ4v) is 4.48. The smallest absolute Gasteiger partial charge is 0.238 e. The molecule has 1 aliphatic rings. The molecule has 1 aliphatic heterocycles. The van der Waals surface area contributed by atoms with Gasteiger partial charge in [-0.1, -0.05) is 30.3 Å². The third-order valence-corrected chi connectivity index (χ3v) is 6.13. The van der Waals surface area contributed by atoms with Crippen molar-refractivity contribution in [3.05, 3.63) is 65.4 Å². The zero-order valence-electron chi connectivity index (χ0n) is 16.6. The zero-order valence-corrected chi connectivity index (χ0v) is 17.3. The number of fused-ring (bicyclic) bond motifs is 3. The Bertz CT molecular complexity index is 995. The number of nitrogens with zero attached hydrogens (tertiary/aromatic N) is 2. The van der Waals surface area contributed by atoms with Gasteiger partial charge in [0.1, 0.15) is 5.88 Å². The second-order valence-electron chi connectivity index (χ2n) is 7.56. The van der Waals surface area contributed by atoms with E-state index in [9.17, 15) is 4.79 Å². The Hall–Kier alpha value is -2.46. The molecular weight excluding hydrogens is 370 g/mol. The quantitative estimate of drug-likeness (QED) is 0.649. The largest absolute Gasteiger partial charge is 0.375 e. The third-order valence-electron chi connectivity index (χ3n) is 5.90. The van der Waals surface area contributed by atoms with Crippen LogP contribution in [0.3, 0.4) is 0 Å². The summed E-state index contributed by atoms with van der Waals surface area (Å²) in [6, 6.07) is 16.8. The van der Waals surface area contributed by atoms with E-state index in [4.69, 9.17) is 11.6 Å². The summed E-state index contributed by atoms with van der Waals surface area (Å²) in [6.45, 7) is 5.19. The lowest BCUT2D eigenvalue weighted by Crippen LogP contribution is -2.46. The van der Waals surface area contributed by atoms with Gasteiger partial charge in [-0.25, -0.2) is 0 Å². The van der Waals surface area contributed by atoms with Crippen molar-refractivity contribution in [1.29, 1.82) is 0 Å². The number of aromatic amines is 1. The number of alkyl halides is 1. The summed E-state index contributed by atoms with van der Waals surface area (Å²) in [7, 11) is 2.08. The van der Waals surface area contributed by atoms with Crippen molar-refractivity contribution in [3.63, 3.8) is 0 Å². The van der Waals surface area contributed by atoms with Crippen LogP contribution < -0.4 is 4.90 Å². The molecule has 2 aromatic carbocycles. The van der Waals surface area contributed by atoms with Crippen molar-refractivity contribution in [1.82, 2.24) is 9.88 Å². The van der Waals surface area contributed by atoms with Crippen LogP contribution in [-0.2, 0) is 11.2 Å².